The first kappa shape index (κ1) is 20.5. The molecule has 0 amide bonds. The van der Waals surface area contributed by atoms with Crippen molar-refractivity contribution in [2.45, 2.75) is 43.8 Å². The van der Waals surface area contributed by atoms with E-state index in [9.17, 15) is 0 Å². The second-order valence-corrected chi connectivity index (χ2v) is 51.8. The van der Waals surface area contributed by atoms with Crippen molar-refractivity contribution in [3.05, 3.63) is 63.1 Å². The molecule has 0 saturated carbocycles. The first-order chi connectivity index (χ1) is 10.3. The standard InChI is InChI=1S/C9H7.C6H7.C4H12Si2.2ClH.Ti/c1-2-5-9-7-3-6-8(9)4-1;1-6-4-2-3-5-6;1-5(2)6(3)4;;;/h1-7H;4-5H,2H2,1H3;1-4H3;2*1H;. The molecule has 1 fully saturated rings. The zero-order valence-electron chi connectivity index (χ0n) is 15.2. The zero-order valence-corrected chi connectivity index (χ0v) is 20.4. The molecular formula is C19H28Cl2Si2Ti. The Morgan fingerprint density at radius 1 is 1.00 bits per heavy atom. The summed E-state index contributed by atoms with van der Waals surface area (Å²) in [5.41, 5.74) is 2.65. The van der Waals surface area contributed by atoms with Gasteiger partial charge in [-0.25, -0.2) is 0 Å². The fourth-order valence-corrected chi connectivity index (χ4v) is 114. The minimum atomic E-state index is -1.99. The number of hydrogen-bond donors (Lipinski definition) is 0. The maximum Gasteiger partial charge on any atom is -0.147 e. The van der Waals surface area contributed by atoms with E-state index in [0.29, 0.717) is 0 Å². The van der Waals surface area contributed by atoms with Gasteiger partial charge in [-0.3, -0.25) is 0 Å². The van der Waals surface area contributed by atoms with E-state index in [-0.39, 0.29) is 24.8 Å². The molecule has 24 heavy (non-hydrogen) atoms. The molecule has 1 aromatic carbocycles. The molecule has 0 aromatic heterocycles. The molecule has 0 nitrogen and oxygen atoms in total. The predicted molar refractivity (Wildman–Crippen MR) is 114 cm³/mol. The first-order valence-corrected chi connectivity index (χ1v) is 21.9. The Bertz CT molecular complexity index is 748. The van der Waals surface area contributed by atoms with Gasteiger partial charge >= 0.3 is 139 Å². The van der Waals surface area contributed by atoms with Gasteiger partial charge in [0.1, 0.15) is 0 Å². The summed E-state index contributed by atoms with van der Waals surface area (Å²) in [7, 11) is 0. The SMILES string of the molecule is CC1=CC[C]([Ti]2([CH]3C=Cc4ccccc43)[Si](C)(C)[Si]2(C)C)=C1.Cl.Cl. The maximum absolute atomic E-state index is 2.75. The molecular weight excluding hydrogens is 403 g/mol. The van der Waals surface area contributed by atoms with Crippen molar-refractivity contribution < 1.29 is 15.1 Å². The van der Waals surface area contributed by atoms with Crippen LogP contribution in [0.2, 0.25) is 26.2 Å². The Morgan fingerprint density at radius 3 is 2.17 bits per heavy atom. The van der Waals surface area contributed by atoms with E-state index in [1.165, 1.54) is 17.6 Å². The number of halogens is 2. The van der Waals surface area contributed by atoms with Crippen LogP contribution in [0.4, 0.5) is 0 Å². The average molecular weight is 431 g/mol. The summed E-state index contributed by atoms with van der Waals surface area (Å²) < 4.78 is 2.78. The molecule has 1 saturated heterocycles. The molecule has 1 aliphatic heterocycles. The van der Waals surface area contributed by atoms with Crippen LogP contribution < -0.4 is 0 Å². The molecule has 0 radical (unpaired) electrons. The summed E-state index contributed by atoms with van der Waals surface area (Å²) in [6, 6.07) is 9.20. The summed E-state index contributed by atoms with van der Waals surface area (Å²) in [5, 5.41) is 0. The summed E-state index contributed by atoms with van der Waals surface area (Å²) in [4.78, 5) is 0. The van der Waals surface area contributed by atoms with Gasteiger partial charge < -0.3 is 0 Å². The fourth-order valence-electron chi connectivity index (χ4n) is 5.70. The maximum atomic E-state index is 2.75. The summed E-state index contributed by atoms with van der Waals surface area (Å²) >= 11 is -1.99. The average Bonchev–Trinajstić information content (AvgIpc) is 2.94. The summed E-state index contributed by atoms with van der Waals surface area (Å²) in [5.74, 6) is 0. The molecule has 2 aliphatic carbocycles. The molecule has 1 aromatic rings. The van der Waals surface area contributed by atoms with Crippen LogP contribution in [0.5, 0.6) is 0 Å². The van der Waals surface area contributed by atoms with Crippen LogP contribution in [0.15, 0.2) is 51.9 Å². The molecule has 1 atom stereocenters. The molecule has 0 N–H and O–H groups in total. The molecule has 1 heterocycles. The van der Waals surface area contributed by atoms with Crippen molar-refractivity contribution in [3.63, 3.8) is 0 Å². The van der Waals surface area contributed by atoms with Crippen molar-refractivity contribution in [1.82, 2.24) is 0 Å². The Balaban J connectivity index is 0.00000104. The second kappa shape index (κ2) is 6.40. The second-order valence-electron chi connectivity index (χ2n) is 8.35. The molecule has 5 heteroatoms. The van der Waals surface area contributed by atoms with E-state index in [4.69, 9.17) is 0 Å². The predicted octanol–water partition coefficient (Wildman–Crippen LogP) is 6.49. The van der Waals surface area contributed by atoms with Crippen molar-refractivity contribution >= 4 is 41.8 Å². The third kappa shape index (κ3) is 2.27. The summed E-state index contributed by atoms with van der Waals surface area (Å²) in [6.07, 6.45) is 11.4. The van der Waals surface area contributed by atoms with Gasteiger partial charge in [0.25, 0.3) is 0 Å². The molecule has 4 rings (SSSR count). The molecule has 130 valence electrons. The van der Waals surface area contributed by atoms with Gasteiger partial charge in [0, 0.05) is 0 Å². The monoisotopic (exact) mass is 430 g/mol. The fraction of sp³-hybridized carbons (Fsp3) is 0.368. The summed E-state index contributed by atoms with van der Waals surface area (Å²) in [6.45, 7) is 13.3. The Labute approximate surface area is 162 Å². The van der Waals surface area contributed by atoms with Crippen LogP contribution in [0.3, 0.4) is 0 Å². The van der Waals surface area contributed by atoms with Gasteiger partial charge in [0.2, 0.25) is 0 Å². The van der Waals surface area contributed by atoms with E-state index in [1.807, 2.05) is 3.88 Å². The Hall–Kier alpha value is 0.168. The van der Waals surface area contributed by atoms with Crippen molar-refractivity contribution in [2.75, 3.05) is 0 Å². The number of rotatable bonds is 2. The van der Waals surface area contributed by atoms with Crippen LogP contribution in [-0.4, -0.2) is 10.9 Å². The van der Waals surface area contributed by atoms with E-state index >= 15 is 0 Å². The molecule has 0 bridgehead atoms. The van der Waals surface area contributed by atoms with E-state index in [1.54, 1.807) is 5.56 Å². The normalized spacial score (nSPS) is 26.6. The molecule has 0 spiro atoms. The minimum Gasteiger partial charge on any atom is -0.147 e. The number of fused-ring (bicyclic) bond motifs is 1. The first-order valence-electron chi connectivity index (χ1n) is 8.49. The van der Waals surface area contributed by atoms with Gasteiger partial charge in [-0.2, -0.15) is 0 Å². The van der Waals surface area contributed by atoms with Crippen LogP contribution in [0, 0.1) is 0 Å². The molecule has 1 unspecified atom stereocenters. The third-order valence-electron chi connectivity index (χ3n) is 7.29. The van der Waals surface area contributed by atoms with E-state index < -0.39 is 26.0 Å². The van der Waals surface area contributed by atoms with Crippen molar-refractivity contribution in [3.8, 4) is 0 Å². The van der Waals surface area contributed by atoms with Gasteiger partial charge in [-0.1, -0.05) is 0 Å². The quantitative estimate of drug-likeness (QED) is 0.470. The van der Waals surface area contributed by atoms with Crippen LogP contribution in [0.1, 0.15) is 28.7 Å². The number of allylic oxidation sites excluding steroid dienone is 5. The van der Waals surface area contributed by atoms with Gasteiger partial charge in [-0.05, 0) is 0 Å². The van der Waals surface area contributed by atoms with Gasteiger partial charge in [0.15, 0.2) is 0 Å². The Kier molecular flexibility index (Phi) is 5.46. The van der Waals surface area contributed by atoms with E-state index in [2.05, 4.69) is 81.7 Å². The van der Waals surface area contributed by atoms with Crippen molar-refractivity contribution in [1.29, 1.82) is 0 Å². The molecule has 3 aliphatic rings. The topological polar surface area (TPSA) is 0 Å². The zero-order chi connectivity index (χ0) is 15.8. The van der Waals surface area contributed by atoms with Crippen LogP contribution in [0.25, 0.3) is 6.08 Å². The van der Waals surface area contributed by atoms with Crippen LogP contribution >= 0.6 is 24.8 Å². The van der Waals surface area contributed by atoms with Crippen molar-refractivity contribution in [2.24, 2.45) is 0 Å². The number of hydrogen-bond acceptors (Lipinski definition) is 0. The van der Waals surface area contributed by atoms with Gasteiger partial charge in [0.05, 0.1) is 0 Å². The smallest absolute Gasteiger partial charge is 0.147 e. The van der Waals surface area contributed by atoms with Crippen LogP contribution in [-0.2, 0) is 15.1 Å². The Morgan fingerprint density at radius 2 is 1.62 bits per heavy atom. The number of benzene rings is 1. The largest absolute Gasteiger partial charge is 0.147 e. The third-order valence-corrected chi connectivity index (χ3v) is 87.5. The van der Waals surface area contributed by atoms with E-state index in [0.717, 1.165) is 4.22 Å². The van der Waals surface area contributed by atoms with Gasteiger partial charge in [-0.15, -0.1) is 24.8 Å². The minimum absolute atomic E-state index is 0.